The number of benzene rings is 2. The van der Waals surface area contributed by atoms with Crippen molar-refractivity contribution in [3.63, 3.8) is 0 Å². The first-order chi connectivity index (χ1) is 15.2. The Morgan fingerprint density at radius 1 is 1.03 bits per heavy atom. The summed E-state index contributed by atoms with van der Waals surface area (Å²) in [4.78, 5) is 32.7. The molecule has 164 valence electrons. The molecule has 2 heterocycles. The molecule has 0 spiro atoms. The molecule has 0 saturated heterocycles. The van der Waals surface area contributed by atoms with E-state index in [4.69, 9.17) is 9.72 Å². The zero-order chi connectivity index (χ0) is 22.6. The number of carbonyl (C=O) groups excluding carboxylic acids is 1. The summed E-state index contributed by atoms with van der Waals surface area (Å²) in [6.45, 7) is 8.15. The maximum absolute atomic E-state index is 13.7. The van der Waals surface area contributed by atoms with Crippen LogP contribution in [0.4, 0.5) is 4.79 Å². The Hall–Kier alpha value is -3.41. The second-order valence-electron chi connectivity index (χ2n) is 9.49. The van der Waals surface area contributed by atoms with Gasteiger partial charge in [0.2, 0.25) is 0 Å². The average molecular weight is 430 g/mol. The summed E-state index contributed by atoms with van der Waals surface area (Å²) in [6.07, 6.45) is 0.0990. The van der Waals surface area contributed by atoms with Crippen molar-refractivity contribution in [3.05, 3.63) is 87.1 Å². The molecule has 1 aromatic heterocycles. The molecule has 1 amide bonds. The number of aromatic nitrogens is 2. The van der Waals surface area contributed by atoms with E-state index < -0.39 is 5.60 Å². The van der Waals surface area contributed by atoms with Crippen LogP contribution in [0.5, 0.6) is 0 Å². The van der Waals surface area contributed by atoms with Crippen LogP contribution in [0.3, 0.4) is 0 Å². The average Bonchev–Trinajstić information content (AvgIpc) is 3.07. The molecule has 3 aromatic rings. The van der Waals surface area contributed by atoms with E-state index in [2.05, 4.69) is 24.3 Å². The highest BCUT2D eigenvalue weighted by Crippen LogP contribution is 2.45. The minimum absolute atomic E-state index is 0.0205. The van der Waals surface area contributed by atoms with Crippen molar-refractivity contribution in [1.29, 1.82) is 0 Å². The van der Waals surface area contributed by atoms with Crippen molar-refractivity contribution < 1.29 is 9.53 Å². The van der Waals surface area contributed by atoms with Crippen molar-refractivity contribution in [3.8, 4) is 11.1 Å². The molecule has 5 rings (SSSR count). The summed E-state index contributed by atoms with van der Waals surface area (Å²) < 4.78 is 7.34. The van der Waals surface area contributed by atoms with Crippen LogP contribution in [0.1, 0.15) is 55.0 Å². The second-order valence-corrected chi connectivity index (χ2v) is 9.49. The Bertz CT molecular complexity index is 1240. The summed E-state index contributed by atoms with van der Waals surface area (Å²) in [5.41, 5.74) is 5.33. The van der Waals surface area contributed by atoms with E-state index in [9.17, 15) is 9.59 Å². The molecule has 32 heavy (non-hydrogen) atoms. The minimum Gasteiger partial charge on any atom is -0.444 e. The van der Waals surface area contributed by atoms with Crippen LogP contribution in [0.15, 0.2) is 53.3 Å². The fourth-order valence-electron chi connectivity index (χ4n) is 4.81. The minimum atomic E-state index is -0.562. The van der Waals surface area contributed by atoms with Gasteiger partial charge < -0.3 is 9.64 Å². The van der Waals surface area contributed by atoms with Gasteiger partial charge in [0, 0.05) is 12.1 Å². The molecule has 1 aliphatic heterocycles. The van der Waals surface area contributed by atoms with Crippen molar-refractivity contribution in [2.24, 2.45) is 0 Å². The maximum atomic E-state index is 13.7. The first-order valence-electron chi connectivity index (χ1n) is 11.0. The molecule has 0 radical (unpaired) electrons. The van der Waals surface area contributed by atoms with Gasteiger partial charge in [-0.15, -0.1) is 0 Å². The van der Waals surface area contributed by atoms with Crippen molar-refractivity contribution in [2.75, 3.05) is 6.54 Å². The van der Waals surface area contributed by atoms with Gasteiger partial charge >= 0.3 is 6.09 Å². The predicted molar refractivity (Wildman–Crippen MR) is 123 cm³/mol. The number of hydrogen-bond donors (Lipinski definition) is 0. The molecule has 0 fully saturated rings. The number of fused-ring (bicyclic) bond motifs is 4. The number of carbonyl (C=O) groups is 1. The summed E-state index contributed by atoms with van der Waals surface area (Å²) in [5, 5.41) is 0. The van der Waals surface area contributed by atoms with Crippen LogP contribution in [-0.2, 0) is 17.7 Å². The largest absolute Gasteiger partial charge is 0.444 e. The van der Waals surface area contributed by atoms with E-state index in [-0.39, 0.29) is 17.7 Å². The molecule has 2 aliphatic rings. The number of amides is 1. The highest BCUT2D eigenvalue weighted by Gasteiger charge is 2.34. The molecule has 0 unspecified atom stereocenters. The molecule has 0 atom stereocenters. The standard InChI is InChI=1S/C26H27N3O3/c1-16-27-22-15-28(25(31)32-26(2,3)4)14-13-21(22)24(30)29(16)23-19-11-7-5-9-17(19)18-10-6-8-12-20(18)23/h5-12,23H,13-15H2,1-4H3. The van der Waals surface area contributed by atoms with E-state index in [0.29, 0.717) is 36.6 Å². The Morgan fingerprint density at radius 3 is 2.22 bits per heavy atom. The second kappa shape index (κ2) is 7.33. The smallest absolute Gasteiger partial charge is 0.410 e. The SMILES string of the molecule is Cc1nc2c(c(=O)n1C1c3ccccc3-c3ccccc31)CCN(C(=O)OC(C)(C)C)C2. The van der Waals surface area contributed by atoms with Crippen LogP contribution in [0, 0.1) is 6.92 Å². The Labute approximate surface area is 187 Å². The Balaban J connectivity index is 1.57. The third-order valence-corrected chi connectivity index (χ3v) is 6.15. The van der Waals surface area contributed by atoms with Crippen LogP contribution in [-0.4, -0.2) is 32.7 Å². The summed E-state index contributed by atoms with van der Waals surface area (Å²) in [6, 6.07) is 16.3. The van der Waals surface area contributed by atoms with Crippen molar-refractivity contribution in [2.45, 2.75) is 52.3 Å². The van der Waals surface area contributed by atoms with Gasteiger partial charge in [-0.1, -0.05) is 48.5 Å². The molecular weight excluding hydrogens is 402 g/mol. The lowest BCUT2D eigenvalue weighted by atomic mass is 10.0. The number of aryl methyl sites for hydroxylation is 1. The summed E-state index contributed by atoms with van der Waals surface area (Å²) in [7, 11) is 0. The number of ether oxygens (including phenoxy) is 1. The Kier molecular flexibility index (Phi) is 4.69. The van der Waals surface area contributed by atoms with E-state index >= 15 is 0 Å². The van der Waals surface area contributed by atoms with Gasteiger partial charge in [0.1, 0.15) is 11.4 Å². The van der Waals surface area contributed by atoms with E-state index in [1.165, 1.54) is 0 Å². The fraction of sp³-hybridized carbons (Fsp3) is 0.346. The fourth-order valence-corrected chi connectivity index (χ4v) is 4.81. The lowest BCUT2D eigenvalue weighted by Gasteiger charge is -2.31. The van der Waals surface area contributed by atoms with Crippen LogP contribution in [0.2, 0.25) is 0 Å². The van der Waals surface area contributed by atoms with Gasteiger partial charge in [-0.25, -0.2) is 9.78 Å². The number of nitrogens with zero attached hydrogens (tertiary/aromatic N) is 3. The van der Waals surface area contributed by atoms with Crippen LogP contribution >= 0.6 is 0 Å². The van der Waals surface area contributed by atoms with E-state index in [1.54, 1.807) is 4.90 Å². The molecule has 0 saturated carbocycles. The molecule has 0 bridgehead atoms. The van der Waals surface area contributed by atoms with Crippen LogP contribution < -0.4 is 5.56 Å². The third-order valence-electron chi connectivity index (χ3n) is 6.15. The summed E-state index contributed by atoms with van der Waals surface area (Å²) in [5.74, 6) is 0.649. The lowest BCUT2D eigenvalue weighted by Crippen LogP contribution is -2.43. The molecule has 0 N–H and O–H groups in total. The van der Waals surface area contributed by atoms with Gasteiger partial charge in [0.15, 0.2) is 0 Å². The van der Waals surface area contributed by atoms with Gasteiger partial charge in [-0.3, -0.25) is 9.36 Å². The summed E-state index contributed by atoms with van der Waals surface area (Å²) >= 11 is 0. The zero-order valence-electron chi connectivity index (χ0n) is 18.9. The van der Waals surface area contributed by atoms with Gasteiger partial charge in [0.25, 0.3) is 5.56 Å². The molecular formula is C26H27N3O3. The van der Waals surface area contributed by atoms with Crippen molar-refractivity contribution in [1.82, 2.24) is 14.5 Å². The molecule has 2 aromatic carbocycles. The molecule has 1 aliphatic carbocycles. The number of rotatable bonds is 1. The normalized spacial score (nSPS) is 15.2. The lowest BCUT2D eigenvalue weighted by molar-refractivity contribution is 0.0219. The topological polar surface area (TPSA) is 64.4 Å². The van der Waals surface area contributed by atoms with Gasteiger partial charge in [-0.2, -0.15) is 0 Å². The predicted octanol–water partition coefficient (Wildman–Crippen LogP) is 4.46. The van der Waals surface area contributed by atoms with Gasteiger partial charge in [0.05, 0.1) is 18.3 Å². The monoisotopic (exact) mass is 429 g/mol. The molecule has 6 nitrogen and oxygen atoms in total. The third kappa shape index (κ3) is 3.30. The first kappa shape index (κ1) is 20.5. The first-order valence-corrected chi connectivity index (χ1v) is 11.0. The quantitative estimate of drug-likeness (QED) is 0.448. The van der Waals surface area contributed by atoms with E-state index in [0.717, 1.165) is 22.3 Å². The molecule has 6 heteroatoms. The van der Waals surface area contributed by atoms with Crippen LogP contribution in [0.25, 0.3) is 11.1 Å². The zero-order valence-corrected chi connectivity index (χ0v) is 18.9. The maximum Gasteiger partial charge on any atom is 0.410 e. The van der Waals surface area contributed by atoms with Crippen molar-refractivity contribution >= 4 is 6.09 Å². The highest BCUT2D eigenvalue weighted by molar-refractivity contribution is 5.78. The van der Waals surface area contributed by atoms with Gasteiger partial charge in [-0.05, 0) is 56.4 Å². The number of hydrogen-bond acceptors (Lipinski definition) is 4. The van der Waals surface area contributed by atoms with E-state index in [1.807, 2.05) is 56.5 Å². The highest BCUT2D eigenvalue weighted by atomic mass is 16.6. The Morgan fingerprint density at radius 2 is 1.62 bits per heavy atom.